The van der Waals surface area contributed by atoms with Gasteiger partial charge in [-0.25, -0.2) is 9.97 Å². The first-order chi connectivity index (χ1) is 14.2. The van der Waals surface area contributed by atoms with Crippen LogP contribution in [0.5, 0.6) is 11.5 Å². The predicted molar refractivity (Wildman–Crippen MR) is 111 cm³/mol. The molecule has 0 fully saturated rings. The molecule has 0 aliphatic heterocycles. The van der Waals surface area contributed by atoms with Gasteiger partial charge in [0.2, 0.25) is 0 Å². The lowest BCUT2D eigenvalue weighted by Gasteiger charge is -2.08. The van der Waals surface area contributed by atoms with Crippen LogP contribution in [0.1, 0.15) is 21.6 Å². The molecular weight excluding hydrogens is 368 g/mol. The smallest absolute Gasteiger partial charge is 0.271 e. The predicted octanol–water partition coefficient (Wildman–Crippen LogP) is 3.08. The summed E-state index contributed by atoms with van der Waals surface area (Å²) in [4.78, 5) is 20.7. The summed E-state index contributed by atoms with van der Waals surface area (Å²) in [5.74, 6) is 1.98. The monoisotopic (exact) mass is 392 g/mol. The lowest BCUT2D eigenvalue weighted by Crippen LogP contribution is -2.24. The third kappa shape index (κ3) is 5.93. The molecule has 29 heavy (non-hydrogen) atoms. The van der Waals surface area contributed by atoms with E-state index in [0.29, 0.717) is 18.9 Å². The fraction of sp³-hybridized carbons (Fsp3) is 0.227. The molecule has 1 heterocycles. The summed E-state index contributed by atoms with van der Waals surface area (Å²) >= 11 is 0. The SMILES string of the molecule is COc1ccc(CCNc2cnc(C(=O)NCc3ccc(OC)cc3)cn2)cc1. The standard InChI is InChI=1S/C22H24N4O3/c1-28-18-7-3-16(4-8-18)11-12-23-21-15-24-20(14-25-21)22(27)26-13-17-5-9-19(29-2)10-6-17/h3-10,14-15H,11-13H2,1-2H3,(H,23,25)(H,26,27). The number of anilines is 1. The largest absolute Gasteiger partial charge is 0.497 e. The van der Waals surface area contributed by atoms with Gasteiger partial charge in [0.25, 0.3) is 5.91 Å². The van der Waals surface area contributed by atoms with Gasteiger partial charge in [0, 0.05) is 13.1 Å². The Hall–Kier alpha value is -3.61. The molecule has 2 aromatic carbocycles. The molecule has 7 nitrogen and oxygen atoms in total. The summed E-state index contributed by atoms with van der Waals surface area (Å²) < 4.78 is 10.3. The van der Waals surface area contributed by atoms with E-state index in [2.05, 4.69) is 20.6 Å². The van der Waals surface area contributed by atoms with Crippen molar-refractivity contribution in [2.75, 3.05) is 26.1 Å². The number of rotatable bonds is 9. The van der Waals surface area contributed by atoms with E-state index in [1.54, 1.807) is 20.4 Å². The van der Waals surface area contributed by atoms with Gasteiger partial charge in [0.1, 0.15) is 23.0 Å². The van der Waals surface area contributed by atoms with Gasteiger partial charge in [0.05, 0.1) is 26.6 Å². The highest BCUT2D eigenvalue weighted by Crippen LogP contribution is 2.12. The van der Waals surface area contributed by atoms with Crippen molar-refractivity contribution in [1.82, 2.24) is 15.3 Å². The van der Waals surface area contributed by atoms with Crippen LogP contribution in [0, 0.1) is 0 Å². The Bertz CT molecular complexity index is 910. The molecule has 1 amide bonds. The molecule has 0 aliphatic carbocycles. The van der Waals surface area contributed by atoms with E-state index in [9.17, 15) is 4.79 Å². The molecule has 0 bridgehead atoms. The van der Waals surface area contributed by atoms with Crippen molar-refractivity contribution in [2.45, 2.75) is 13.0 Å². The molecule has 0 radical (unpaired) electrons. The molecule has 0 unspecified atom stereocenters. The highest BCUT2D eigenvalue weighted by molar-refractivity contribution is 5.91. The van der Waals surface area contributed by atoms with Crippen molar-refractivity contribution in [3.63, 3.8) is 0 Å². The fourth-order valence-electron chi connectivity index (χ4n) is 2.68. The maximum atomic E-state index is 12.2. The normalized spacial score (nSPS) is 10.3. The minimum atomic E-state index is -0.266. The second-order valence-electron chi connectivity index (χ2n) is 6.34. The zero-order chi connectivity index (χ0) is 20.5. The lowest BCUT2D eigenvalue weighted by atomic mass is 10.1. The van der Waals surface area contributed by atoms with E-state index in [4.69, 9.17) is 9.47 Å². The first-order valence-corrected chi connectivity index (χ1v) is 9.28. The Morgan fingerprint density at radius 1 is 0.862 bits per heavy atom. The number of methoxy groups -OCH3 is 2. The van der Waals surface area contributed by atoms with E-state index in [0.717, 1.165) is 23.5 Å². The number of hydrogen-bond acceptors (Lipinski definition) is 6. The summed E-state index contributed by atoms with van der Waals surface area (Å²) in [6, 6.07) is 15.5. The van der Waals surface area contributed by atoms with Crippen LogP contribution >= 0.6 is 0 Å². The molecule has 0 spiro atoms. The minimum Gasteiger partial charge on any atom is -0.497 e. The Balaban J connectivity index is 1.45. The Kier molecular flexibility index (Phi) is 7.00. The van der Waals surface area contributed by atoms with E-state index >= 15 is 0 Å². The maximum absolute atomic E-state index is 12.2. The van der Waals surface area contributed by atoms with Crippen molar-refractivity contribution >= 4 is 11.7 Å². The molecule has 0 atom stereocenters. The molecule has 0 saturated heterocycles. The summed E-state index contributed by atoms with van der Waals surface area (Å²) in [5.41, 5.74) is 2.45. The maximum Gasteiger partial charge on any atom is 0.271 e. The van der Waals surface area contributed by atoms with E-state index in [-0.39, 0.29) is 11.6 Å². The van der Waals surface area contributed by atoms with Gasteiger partial charge in [-0.05, 0) is 41.8 Å². The number of carbonyl (C=O) groups is 1. The van der Waals surface area contributed by atoms with Crippen molar-refractivity contribution in [1.29, 1.82) is 0 Å². The van der Waals surface area contributed by atoms with Gasteiger partial charge in [0.15, 0.2) is 0 Å². The number of carbonyl (C=O) groups excluding carboxylic acids is 1. The Morgan fingerprint density at radius 2 is 1.48 bits per heavy atom. The molecule has 2 N–H and O–H groups in total. The average molecular weight is 392 g/mol. The summed E-state index contributed by atoms with van der Waals surface area (Å²) in [5, 5.41) is 6.04. The number of nitrogens with zero attached hydrogens (tertiary/aromatic N) is 2. The number of nitrogens with one attached hydrogen (secondary N) is 2. The first kappa shape index (κ1) is 20.1. The lowest BCUT2D eigenvalue weighted by molar-refractivity contribution is 0.0945. The summed E-state index contributed by atoms with van der Waals surface area (Å²) in [6.07, 6.45) is 3.88. The van der Waals surface area contributed by atoms with Crippen LogP contribution in [-0.2, 0) is 13.0 Å². The van der Waals surface area contributed by atoms with Crippen LogP contribution in [0.2, 0.25) is 0 Å². The quantitative estimate of drug-likeness (QED) is 0.582. The molecule has 150 valence electrons. The van der Waals surface area contributed by atoms with Gasteiger partial charge in [-0.1, -0.05) is 24.3 Å². The van der Waals surface area contributed by atoms with Crippen molar-refractivity contribution in [3.8, 4) is 11.5 Å². The van der Waals surface area contributed by atoms with Gasteiger partial charge in [-0.3, -0.25) is 4.79 Å². The van der Waals surface area contributed by atoms with E-state index < -0.39 is 0 Å². The van der Waals surface area contributed by atoms with Crippen molar-refractivity contribution < 1.29 is 14.3 Å². The molecular formula is C22H24N4O3. The van der Waals surface area contributed by atoms with Gasteiger partial charge >= 0.3 is 0 Å². The van der Waals surface area contributed by atoms with Crippen LogP contribution in [-0.4, -0.2) is 36.6 Å². The molecule has 3 rings (SSSR count). The average Bonchev–Trinajstić information content (AvgIpc) is 2.78. The Labute approximate surface area is 170 Å². The number of amides is 1. The molecule has 7 heteroatoms. The topological polar surface area (TPSA) is 85.4 Å². The van der Waals surface area contributed by atoms with Gasteiger partial charge < -0.3 is 20.1 Å². The molecule has 1 aromatic heterocycles. The van der Waals surface area contributed by atoms with Crippen LogP contribution < -0.4 is 20.1 Å². The van der Waals surface area contributed by atoms with Gasteiger partial charge in [-0.15, -0.1) is 0 Å². The third-order valence-electron chi connectivity index (χ3n) is 4.38. The fourth-order valence-corrected chi connectivity index (χ4v) is 2.68. The summed E-state index contributed by atoms with van der Waals surface area (Å²) in [7, 11) is 3.27. The highest BCUT2D eigenvalue weighted by Gasteiger charge is 2.08. The van der Waals surface area contributed by atoms with E-state index in [1.165, 1.54) is 11.8 Å². The minimum absolute atomic E-state index is 0.266. The summed E-state index contributed by atoms with van der Waals surface area (Å²) in [6.45, 7) is 1.12. The number of ether oxygens (including phenoxy) is 2. The van der Waals surface area contributed by atoms with Crippen molar-refractivity contribution in [3.05, 3.63) is 77.7 Å². The second kappa shape index (κ2) is 10.1. The van der Waals surface area contributed by atoms with Crippen molar-refractivity contribution in [2.24, 2.45) is 0 Å². The van der Waals surface area contributed by atoms with Crippen LogP contribution in [0.3, 0.4) is 0 Å². The van der Waals surface area contributed by atoms with Crippen LogP contribution in [0.4, 0.5) is 5.82 Å². The second-order valence-corrected chi connectivity index (χ2v) is 6.34. The molecule has 3 aromatic rings. The van der Waals surface area contributed by atoms with Crippen LogP contribution in [0.25, 0.3) is 0 Å². The number of benzene rings is 2. The molecule has 0 aliphatic rings. The van der Waals surface area contributed by atoms with Gasteiger partial charge in [-0.2, -0.15) is 0 Å². The third-order valence-corrected chi connectivity index (χ3v) is 4.38. The number of hydrogen-bond donors (Lipinski definition) is 2. The van der Waals surface area contributed by atoms with E-state index in [1.807, 2.05) is 48.5 Å². The van der Waals surface area contributed by atoms with Crippen LogP contribution in [0.15, 0.2) is 60.9 Å². The Morgan fingerprint density at radius 3 is 2.03 bits per heavy atom. The number of aromatic nitrogens is 2. The zero-order valence-corrected chi connectivity index (χ0v) is 16.5. The molecule has 0 saturated carbocycles. The highest BCUT2D eigenvalue weighted by atomic mass is 16.5. The first-order valence-electron chi connectivity index (χ1n) is 9.28. The zero-order valence-electron chi connectivity index (χ0n) is 16.5.